The summed E-state index contributed by atoms with van der Waals surface area (Å²) in [5.74, 6) is 0.906. The maximum atomic E-state index is 5.74. The number of nitrogens with zero attached hydrogens (tertiary/aromatic N) is 2. The lowest BCUT2D eigenvalue weighted by Gasteiger charge is -2.19. The van der Waals surface area contributed by atoms with Crippen molar-refractivity contribution in [2.45, 2.75) is 40.7 Å². The molecule has 0 aliphatic heterocycles. The molecule has 2 aromatic rings. The third-order valence-corrected chi connectivity index (χ3v) is 3.81. The summed E-state index contributed by atoms with van der Waals surface area (Å²) in [5.41, 5.74) is 5.74. The Morgan fingerprint density at radius 3 is 2.57 bits per heavy atom. The highest BCUT2D eigenvalue weighted by molar-refractivity contribution is 5.59. The van der Waals surface area contributed by atoms with Gasteiger partial charge in [0.25, 0.3) is 0 Å². The molecule has 1 aromatic carbocycles. The average molecular weight is 287 g/mol. The molecule has 0 saturated carbocycles. The van der Waals surface area contributed by atoms with Crippen molar-refractivity contribution in [3.8, 4) is 5.75 Å². The summed E-state index contributed by atoms with van der Waals surface area (Å²) in [6, 6.07) is 6.43. The van der Waals surface area contributed by atoms with Gasteiger partial charge in [0.05, 0.1) is 24.0 Å². The fourth-order valence-electron chi connectivity index (χ4n) is 2.75. The van der Waals surface area contributed by atoms with Crippen molar-refractivity contribution in [1.82, 2.24) is 9.78 Å². The van der Waals surface area contributed by atoms with E-state index in [-0.39, 0.29) is 6.04 Å². The minimum absolute atomic E-state index is 0.181. The molecule has 0 amide bonds. The summed E-state index contributed by atoms with van der Waals surface area (Å²) >= 11 is 0. The summed E-state index contributed by atoms with van der Waals surface area (Å²) in [5, 5.41) is 8.05. The van der Waals surface area contributed by atoms with E-state index in [1.807, 2.05) is 18.7 Å². The van der Waals surface area contributed by atoms with Crippen molar-refractivity contribution in [2.75, 3.05) is 11.9 Å². The second kappa shape index (κ2) is 6.20. The first-order valence-corrected chi connectivity index (χ1v) is 7.44. The normalized spacial score (nSPS) is 12.3. The number of anilines is 1. The summed E-state index contributed by atoms with van der Waals surface area (Å²) in [7, 11) is 1.98. The largest absolute Gasteiger partial charge is 0.492 e. The molecule has 114 valence electrons. The van der Waals surface area contributed by atoms with Gasteiger partial charge in [-0.3, -0.25) is 4.68 Å². The van der Waals surface area contributed by atoms with Gasteiger partial charge in [0, 0.05) is 18.3 Å². The molecule has 1 N–H and O–H groups in total. The predicted octanol–water partition coefficient (Wildman–Crippen LogP) is 3.92. The van der Waals surface area contributed by atoms with E-state index >= 15 is 0 Å². The minimum Gasteiger partial charge on any atom is -0.492 e. The van der Waals surface area contributed by atoms with Crippen LogP contribution >= 0.6 is 0 Å². The number of ether oxygens (including phenoxy) is 1. The van der Waals surface area contributed by atoms with Crippen LogP contribution in [0.1, 0.15) is 42.4 Å². The number of benzene rings is 1. The highest BCUT2D eigenvalue weighted by Gasteiger charge is 2.17. The van der Waals surface area contributed by atoms with Crippen molar-refractivity contribution in [2.24, 2.45) is 7.05 Å². The zero-order valence-corrected chi connectivity index (χ0v) is 13.8. The van der Waals surface area contributed by atoms with Crippen LogP contribution in [0.5, 0.6) is 5.75 Å². The van der Waals surface area contributed by atoms with Gasteiger partial charge >= 0.3 is 0 Å². The van der Waals surface area contributed by atoms with Gasteiger partial charge in [0.2, 0.25) is 0 Å². The van der Waals surface area contributed by atoms with E-state index in [1.165, 1.54) is 16.8 Å². The second-order valence-corrected chi connectivity index (χ2v) is 5.51. The van der Waals surface area contributed by atoms with Crippen LogP contribution in [-0.4, -0.2) is 16.4 Å². The average Bonchev–Trinajstić information content (AvgIpc) is 2.67. The summed E-state index contributed by atoms with van der Waals surface area (Å²) in [4.78, 5) is 0. The van der Waals surface area contributed by atoms with Gasteiger partial charge in [-0.15, -0.1) is 0 Å². The van der Waals surface area contributed by atoms with Crippen molar-refractivity contribution in [1.29, 1.82) is 0 Å². The second-order valence-electron chi connectivity index (χ2n) is 5.51. The van der Waals surface area contributed by atoms with Crippen LogP contribution in [0, 0.1) is 20.8 Å². The van der Waals surface area contributed by atoms with Crippen LogP contribution in [0.25, 0.3) is 0 Å². The molecule has 1 aromatic heterocycles. The summed E-state index contributed by atoms with van der Waals surface area (Å²) < 4.78 is 7.67. The van der Waals surface area contributed by atoms with Crippen molar-refractivity contribution < 1.29 is 4.74 Å². The summed E-state index contributed by atoms with van der Waals surface area (Å²) in [6.07, 6.45) is 0. The first kappa shape index (κ1) is 15.4. The van der Waals surface area contributed by atoms with Crippen molar-refractivity contribution in [3.05, 3.63) is 40.7 Å². The predicted molar refractivity (Wildman–Crippen MR) is 87.1 cm³/mol. The SMILES string of the molecule is CCOc1cc(C)ccc1NC(C)c1c(C)nn(C)c1C. The van der Waals surface area contributed by atoms with Crippen LogP contribution < -0.4 is 10.1 Å². The van der Waals surface area contributed by atoms with Gasteiger partial charge in [-0.2, -0.15) is 5.10 Å². The first-order chi connectivity index (χ1) is 9.93. The number of aryl methyl sites for hydroxylation is 3. The van der Waals surface area contributed by atoms with E-state index in [1.54, 1.807) is 0 Å². The fraction of sp³-hybridized carbons (Fsp3) is 0.471. The highest BCUT2D eigenvalue weighted by atomic mass is 16.5. The summed E-state index contributed by atoms with van der Waals surface area (Å²) in [6.45, 7) is 11.1. The van der Waals surface area contributed by atoms with E-state index in [2.05, 4.69) is 56.3 Å². The first-order valence-electron chi connectivity index (χ1n) is 7.44. The Morgan fingerprint density at radius 1 is 1.29 bits per heavy atom. The molecule has 0 radical (unpaired) electrons. The maximum absolute atomic E-state index is 5.74. The zero-order chi connectivity index (χ0) is 15.6. The van der Waals surface area contributed by atoms with E-state index < -0.39 is 0 Å². The molecule has 0 aliphatic rings. The third-order valence-electron chi connectivity index (χ3n) is 3.81. The Bertz CT molecular complexity index is 631. The van der Waals surface area contributed by atoms with E-state index in [0.717, 1.165) is 17.1 Å². The number of hydrogen-bond acceptors (Lipinski definition) is 3. The molecule has 4 heteroatoms. The fourth-order valence-corrected chi connectivity index (χ4v) is 2.75. The van der Waals surface area contributed by atoms with Crippen LogP contribution in [0.2, 0.25) is 0 Å². The number of rotatable bonds is 5. The van der Waals surface area contributed by atoms with Gasteiger partial charge in [-0.1, -0.05) is 6.07 Å². The number of aromatic nitrogens is 2. The molecule has 4 nitrogen and oxygen atoms in total. The topological polar surface area (TPSA) is 39.1 Å². The van der Waals surface area contributed by atoms with Gasteiger partial charge in [-0.05, 0) is 52.3 Å². The number of hydrogen-bond donors (Lipinski definition) is 1. The van der Waals surface area contributed by atoms with Gasteiger partial charge in [0.15, 0.2) is 0 Å². The Kier molecular flexibility index (Phi) is 4.56. The Labute approximate surface area is 127 Å². The lowest BCUT2D eigenvalue weighted by Crippen LogP contribution is -2.10. The molecular weight excluding hydrogens is 262 g/mol. The molecular formula is C17H25N3O. The lowest BCUT2D eigenvalue weighted by molar-refractivity contribution is 0.341. The van der Waals surface area contributed by atoms with Gasteiger partial charge in [-0.25, -0.2) is 0 Å². The molecule has 1 unspecified atom stereocenters. The molecule has 0 spiro atoms. The zero-order valence-electron chi connectivity index (χ0n) is 13.8. The molecule has 0 saturated heterocycles. The van der Waals surface area contributed by atoms with Crippen LogP contribution in [-0.2, 0) is 7.05 Å². The Balaban J connectivity index is 2.29. The molecule has 21 heavy (non-hydrogen) atoms. The van der Waals surface area contributed by atoms with Crippen LogP contribution in [0.15, 0.2) is 18.2 Å². The molecule has 2 rings (SSSR count). The minimum atomic E-state index is 0.181. The highest BCUT2D eigenvalue weighted by Crippen LogP contribution is 2.31. The number of nitrogens with one attached hydrogen (secondary N) is 1. The molecule has 1 atom stereocenters. The van der Waals surface area contributed by atoms with Crippen LogP contribution in [0.4, 0.5) is 5.69 Å². The molecule has 0 aliphatic carbocycles. The van der Waals surface area contributed by atoms with E-state index in [0.29, 0.717) is 6.61 Å². The van der Waals surface area contributed by atoms with Crippen LogP contribution in [0.3, 0.4) is 0 Å². The molecule has 0 fully saturated rings. The maximum Gasteiger partial charge on any atom is 0.142 e. The molecule has 0 bridgehead atoms. The lowest BCUT2D eigenvalue weighted by atomic mass is 10.1. The third kappa shape index (κ3) is 3.20. The Hall–Kier alpha value is -1.97. The quantitative estimate of drug-likeness (QED) is 0.906. The van der Waals surface area contributed by atoms with Gasteiger partial charge in [0.1, 0.15) is 5.75 Å². The standard InChI is InChI=1S/C17H25N3O/c1-7-21-16-10-11(2)8-9-15(16)18-12(3)17-13(4)19-20(6)14(17)5/h8-10,12,18H,7H2,1-6H3. The van der Waals surface area contributed by atoms with Crippen molar-refractivity contribution >= 4 is 5.69 Å². The van der Waals surface area contributed by atoms with Crippen molar-refractivity contribution in [3.63, 3.8) is 0 Å². The molecule has 1 heterocycles. The van der Waals surface area contributed by atoms with E-state index in [4.69, 9.17) is 4.74 Å². The monoisotopic (exact) mass is 287 g/mol. The smallest absolute Gasteiger partial charge is 0.142 e. The Morgan fingerprint density at radius 2 is 2.00 bits per heavy atom. The van der Waals surface area contributed by atoms with Gasteiger partial charge < -0.3 is 10.1 Å². The van der Waals surface area contributed by atoms with E-state index in [9.17, 15) is 0 Å².